The third kappa shape index (κ3) is 4.69. The van der Waals surface area contributed by atoms with Crippen LogP contribution in [0, 0.1) is 18.6 Å². The summed E-state index contributed by atoms with van der Waals surface area (Å²) >= 11 is 0. The fraction of sp³-hybridized carbons (Fsp3) is 0.462. The molecular formula is C13H16F2O3. The van der Waals surface area contributed by atoms with Crippen molar-refractivity contribution in [2.75, 3.05) is 6.61 Å². The minimum atomic E-state index is -0.929. The minimum absolute atomic E-state index is 0.143. The van der Waals surface area contributed by atoms with Gasteiger partial charge in [-0.1, -0.05) is 0 Å². The number of benzene rings is 1. The Hall–Kier alpha value is -1.65. The lowest BCUT2D eigenvalue weighted by Gasteiger charge is -2.09. The number of unbranched alkanes of at least 4 members (excludes halogenated alkanes) is 2. The predicted molar refractivity (Wildman–Crippen MR) is 62.7 cm³/mol. The Morgan fingerprint density at radius 3 is 2.56 bits per heavy atom. The van der Waals surface area contributed by atoms with Crippen LogP contribution in [0.15, 0.2) is 12.1 Å². The second kappa shape index (κ2) is 6.93. The highest BCUT2D eigenvalue weighted by Gasteiger charge is 2.07. The van der Waals surface area contributed by atoms with E-state index in [1.807, 2.05) is 0 Å². The van der Waals surface area contributed by atoms with Crippen LogP contribution < -0.4 is 4.74 Å². The van der Waals surface area contributed by atoms with Gasteiger partial charge in [0.05, 0.1) is 6.61 Å². The van der Waals surface area contributed by atoms with Crippen molar-refractivity contribution in [3.05, 3.63) is 29.3 Å². The van der Waals surface area contributed by atoms with Crippen molar-refractivity contribution in [3.63, 3.8) is 0 Å². The Kier molecular flexibility index (Phi) is 5.55. The number of carbonyl (C=O) groups is 1. The van der Waals surface area contributed by atoms with E-state index in [1.54, 1.807) is 6.92 Å². The quantitative estimate of drug-likeness (QED) is 0.763. The van der Waals surface area contributed by atoms with E-state index in [4.69, 9.17) is 9.84 Å². The fourth-order valence-electron chi connectivity index (χ4n) is 1.52. The molecule has 0 aliphatic heterocycles. The molecule has 0 fully saturated rings. The van der Waals surface area contributed by atoms with Crippen LogP contribution in [-0.2, 0) is 4.79 Å². The lowest BCUT2D eigenvalue weighted by Crippen LogP contribution is -2.01. The highest BCUT2D eigenvalue weighted by Crippen LogP contribution is 2.21. The van der Waals surface area contributed by atoms with Crippen LogP contribution in [0.4, 0.5) is 8.78 Å². The zero-order valence-corrected chi connectivity index (χ0v) is 10.2. The lowest BCUT2D eigenvalue weighted by atomic mass is 10.2. The van der Waals surface area contributed by atoms with Crippen molar-refractivity contribution in [3.8, 4) is 5.75 Å². The molecule has 1 rings (SSSR count). The molecule has 0 radical (unpaired) electrons. The summed E-state index contributed by atoms with van der Waals surface area (Å²) in [5, 5.41) is 8.43. The standard InChI is InChI=1S/C13H16F2O3/c1-9-7-10(14)11(15)8-12(9)18-6-4-2-3-5-13(16)17/h7-8H,2-6H2,1H3,(H,16,17). The van der Waals surface area contributed by atoms with Gasteiger partial charge >= 0.3 is 5.97 Å². The van der Waals surface area contributed by atoms with E-state index in [-0.39, 0.29) is 6.42 Å². The number of aliphatic carboxylic acids is 1. The molecule has 0 unspecified atom stereocenters. The Balaban J connectivity index is 2.31. The van der Waals surface area contributed by atoms with Crippen LogP contribution >= 0.6 is 0 Å². The molecule has 18 heavy (non-hydrogen) atoms. The van der Waals surface area contributed by atoms with E-state index in [0.29, 0.717) is 30.8 Å². The van der Waals surface area contributed by atoms with E-state index in [0.717, 1.165) is 18.6 Å². The Morgan fingerprint density at radius 1 is 1.22 bits per heavy atom. The van der Waals surface area contributed by atoms with Gasteiger partial charge in [0.1, 0.15) is 5.75 Å². The molecule has 3 nitrogen and oxygen atoms in total. The molecule has 1 aromatic rings. The van der Waals surface area contributed by atoms with Gasteiger partial charge in [-0.15, -0.1) is 0 Å². The van der Waals surface area contributed by atoms with E-state index in [9.17, 15) is 13.6 Å². The molecule has 0 atom stereocenters. The average molecular weight is 258 g/mol. The second-order valence-electron chi connectivity index (χ2n) is 4.08. The third-order valence-electron chi connectivity index (χ3n) is 2.51. The van der Waals surface area contributed by atoms with E-state index in [2.05, 4.69) is 0 Å². The van der Waals surface area contributed by atoms with Gasteiger partial charge in [0.2, 0.25) is 0 Å². The van der Waals surface area contributed by atoms with Crippen LogP contribution in [0.3, 0.4) is 0 Å². The number of ether oxygens (including phenoxy) is 1. The van der Waals surface area contributed by atoms with Gasteiger partial charge in [-0.05, 0) is 37.8 Å². The molecule has 100 valence electrons. The zero-order chi connectivity index (χ0) is 13.5. The summed E-state index contributed by atoms with van der Waals surface area (Å²) in [4.78, 5) is 10.3. The first-order chi connectivity index (χ1) is 8.50. The van der Waals surface area contributed by atoms with Crippen molar-refractivity contribution >= 4 is 5.97 Å². The van der Waals surface area contributed by atoms with Gasteiger partial charge in [0, 0.05) is 12.5 Å². The van der Waals surface area contributed by atoms with Crippen LogP contribution in [0.5, 0.6) is 5.75 Å². The van der Waals surface area contributed by atoms with Gasteiger partial charge in [-0.25, -0.2) is 8.78 Å². The van der Waals surface area contributed by atoms with Crippen LogP contribution in [-0.4, -0.2) is 17.7 Å². The van der Waals surface area contributed by atoms with Crippen molar-refractivity contribution in [1.29, 1.82) is 0 Å². The monoisotopic (exact) mass is 258 g/mol. The maximum absolute atomic E-state index is 13.0. The van der Waals surface area contributed by atoms with Gasteiger partial charge < -0.3 is 9.84 Å². The van der Waals surface area contributed by atoms with Crippen molar-refractivity contribution in [2.24, 2.45) is 0 Å². The molecule has 0 saturated carbocycles. The number of hydrogen-bond acceptors (Lipinski definition) is 2. The molecule has 0 bridgehead atoms. The Bertz CT molecular complexity index is 419. The molecule has 0 heterocycles. The van der Waals surface area contributed by atoms with Crippen LogP contribution in [0.25, 0.3) is 0 Å². The smallest absolute Gasteiger partial charge is 0.303 e. The van der Waals surface area contributed by atoms with Gasteiger partial charge in [-0.2, -0.15) is 0 Å². The van der Waals surface area contributed by atoms with Crippen molar-refractivity contribution in [1.82, 2.24) is 0 Å². The first-order valence-electron chi connectivity index (χ1n) is 5.81. The Labute approximate surface area is 104 Å². The topological polar surface area (TPSA) is 46.5 Å². The first-order valence-corrected chi connectivity index (χ1v) is 5.81. The molecule has 0 aliphatic rings. The SMILES string of the molecule is Cc1cc(F)c(F)cc1OCCCCCC(=O)O. The predicted octanol–water partition coefficient (Wildman–Crippen LogP) is 3.30. The summed E-state index contributed by atoms with van der Waals surface area (Å²) in [6.07, 6.45) is 2.15. The number of hydrogen-bond donors (Lipinski definition) is 1. The molecule has 5 heteroatoms. The molecule has 1 N–H and O–H groups in total. The molecule has 0 amide bonds. The highest BCUT2D eigenvalue weighted by molar-refractivity contribution is 5.66. The molecule has 0 aromatic heterocycles. The van der Waals surface area contributed by atoms with Gasteiger partial charge in [0.15, 0.2) is 11.6 Å². The number of rotatable bonds is 7. The van der Waals surface area contributed by atoms with Crippen LogP contribution in [0.1, 0.15) is 31.2 Å². The average Bonchev–Trinajstić information content (AvgIpc) is 2.29. The number of carboxylic acids is 1. The van der Waals surface area contributed by atoms with Gasteiger partial charge in [-0.3, -0.25) is 4.79 Å². The summed E-state index contributed by atoms with van der Waals surface area (Å²) in [5.41, 5.74) is 0.541. The van der Waals surface area contributed by atoms with E-state index in [1.165, 1.54) is 0 Å². The maximum Gasteiger partial charge on any atom is 0.303 e. The van der Waals surface area contributed by atoms with Gasteiger partial charge in [0.25, 0.3) is 0 Å². The summed E-state index contributed by atoms with van der Waals surface area (Å²) < 4.78 is 31.1. The maximum atomic E-state index is 13.0. The highest BCUT2D eigenvalue weighted by atomic mass is 19.2. The second-order valence-corrected chi connectivity index (χ2v) is 4.08. The van der Waals surface area contributed by atoms with Crippen molar-refractivity contribution in [2.45, 2.75) is 32.6 Å². The van der Waals surface area contributed by atoms with Crippen LogP contribution in [0.2, 0.25) is 0 Å². The Morgan fingerprint density at radius 2 is 1.89 bits per heavy atom. The normalized spacial score (nSPS) is 10.4. The molecule has 1 aromatic carbocycles. The largest absolute Gasteiger partial charge is 0.493 e. The number of halogens is 2. The minimum Gasteiger partial charge on any atom is -0.493 e. The fourth-order valence-corrected chi connectivity index (χ4v) is 1.52. The first kappa shape index (κ1) is 14.4. The summed E-state index contributed by atoms with van der Waals surface area (Å²) in [7, 11) is 0. The third-order valence-corrected chi connectivity index (χ3v) is 2.51. The molecular weight excluding hydrogens is 242 g/mol. The zero-order valence-electron chi connectivity index (χ0n) is 10.2. The van der Waals surface area contributed by atoms with Crippen molar-refractivity contribution < 1.29 is 23.4 Å². The summed E-state index contributed by atoms with van der Waals surface area (Å²) in [6, 6.07) is 2.12. The van der Waals surface area contributed by atoms with E-state index >= 15 is 0 Å². The van der Waals surface area contributed by atoms with E-state index < -0.39 is 17.6 Å². The number of carboxylic acid groups (broad SMARTS) is 1. The molecule has 0 aliphatic carbocycles. The summed E-state index contributed by atoms with van der Waals surface area (Å²) in [5.74, 6) is -2.30. The summed E-state index contributed by atoms with van der Waals surface area (Å²) in [6.45, 7) is 2.01. The molecule has 0 spiro atoms. The number of aryl methyl sites for hydroxylation is 1. The lowest BCUT2D eigenvalue weighted by molar-refractivity contribution is -0.137. The molecule has 0 saturated heterocycles.